The van der Waals surface area contributed by atoms with Gasteiger partial charge in [0, 0.05) is 12.6 Å². The van der Waals surface area contributed by atoms with Gasteiger partial charge in [-0.2, -0.15) is 0 Å². The molecule has 1 N–H and O–H groups in total. The Hall–Kier alpha value is -1.60. The van der Waals surface area contributed by atoms with Crippen LogP contribution in [0.15, 0.2) is 48.5 Å². The quantitative estimate of drug-likeness (QED) is 0.801. The number of hydrogen-bond donors (Lipinski definition) is 1. The van der Waals surface area contributed by atoms with Gasteiger partial charge >= 0.3 is 0 Å². The van der Waals surface area contributed by atoms with E-state index in [9.17, 15) is 0 Å². The average Bonchev–Trinajstić information content (AvgIpc) is 2.44. The summed E-state index contributed by atoms with van der Waals surface area (Å²) in [5.41, 5.74) is 5.69. The molecule has 0 saturated heterocycles. The molecule has 3 rings (SSSR count). The van der Waals surface area contributed by atoms with Gasteiger partial charge < -0.3 is 5.32 Å². The molecule has 0 atom stereocenters. The molecule has 1 fully saturated rings. The third kappa shape index (κ3) is 3.36. The van der Waals surface area contributed by atoms with Crippen molar-refractivity contribution in [1.82, 2.24) is 5.32 Å². The minimum atomic E-state index is 0.524. The summed E-state index contributed by atoms with van der Waals surface area (Å²) in [5.74, 6) is 0.777. The van der Waals surface area contributed by atoms with E-state index in [-0.39, 0.29) is 0 Å². The number of hydrogen-bond acceptors (Lipinski definition) is 1. The van der Waals surface area contributed by atoms with Crippen LogP contribution in [0.1, 0.15) is 50.2 Å². The highest BCUT2D eigenvalue weighted by atomic mass is 14.9. The zero-order chi connectivity index (χ0) is 14.7. The SMILES string of the molecule is CC(C)NCc1cccc(-c2ccccc2C2CCC2)c1. The maximum absolute atomic E-state index is 3.50. The summed E-state index contributed by atoms with van der Waals surface area (Å²) in [6.07, 6.45) is 4.09. The summed E-state index contributed by atoms with van der Waals surface area (Å²) in [6, 6.07) is 18.5. The normalized spacial score (nSPS) is 15.2. The Morgan fingerprint density at radius 3 is 2.57 bits per heavy atom. The van der Waals surface area contributed by atoms with Gasteiger partial charge in [-0.05, 0) is 47.1 Å². The monoisotopic (exact) mass is 279 g/mol. The molecule has 0 amide bonds. The molecule has 1 aliphatic rings. The summed E-state index contributed by atoms with van der Waals surface area (Å²) in [4.78, 5) is 0. The van der Waals surface area contributed by atoms with E-state index in [1.54, 1.807) is 0 Å². The Labute approximate surface area is 128 Å². The van der Waals surface area contributed by atoms with Gasteiger partial charge in [-0.25, -0.2) is 0 Å². The molecular weight excluding hydrogens is 254 g/mol. The highest BCUT2D eigenvalue weighted by Gasteiger charge is 2.22. The highest BCUT2D eigenvalue weighted by molar-refractivity contribution is 5.69. The molecule has 0 spiro atoms. The van der Waals surface area contributed by atoms with E-state index in [4.69, 9.17) is 0 Å². The summed E-state index contributed by atoms with van der Waals surface area (Å²) in [6.45, 7) is 5.32. The number of benzene rings is 2. The van der Waals surface area contributed by atoms with Crippen LogP contribution in [0, 0.1) is 0 Å². The lowest BCUT2D eigenvalue weighted by molar-refractivity contribution is 0.420. The molecule has 1 nitrogen and oxygen atoms in total. The van der Waals surface area contributed by atoms with Crippen molar-refractivity contribution in [3.05, 3.63) is 59.7 Å². The zero-order valence-electron chi connectivity index (χ0n) is 13.1. The lowest BCUT2D eigenvalue weighted by atomic mass is 9.77. The van der Waals surface area contributed by atoms with Gasteiger partial charge in [-0.3, -0.25) is 0 Å². The van der Waals surface area contributed by atoms with Gasteiger partial charge in [-0.15, -0.1) is 0 Å². The molecule has 0 unspecified atom stereocenters. The molecule has 1 heteroatoms. The Balaban J connectivity index is 1.88. The van der Waals surface area contributed by atoms with Crippen LogP contribution in [0.25, 0.3) is 11.1 Å². The van der Waals surface area contributed by atoms with E-state index in [0.29, 0.717) is 6.04 Å². The van der Waals surface area contributed by atoms with E-state index < -0.39 is 0 Å². The summed E-state index contributed by atoms with van der Waals surface area (Å²) in [5, 5.41) is 3.50. The smallest absolute Gasteiger partial charge is 0.0208 e. The Kier molecular flexibility index (Phi) is 4.40. The van der Waals surface area contributed by atoms with Crippen molar-refractivity contribution in [3.63, 3.8) is 0 Å². The van der Waals surface area contributed by atoms with Gasteiger partial charge in [-0.1, -0.05) is 62.7 Å². The number of rotatable bonds is 5. The molecule has 110 valence electrons. The Morgan fingerprint density at radius 1 is 1.05 bits per heavy atom. The van der Waals surface area contributed by atoms with Gasteiger partial charge in [0.2, 0.25) is 0 Å². The second kappa shape index (κ2) is 6.44. The predicted octanol–water partition coefficient (Wildman–Crippen LogP) is 5.12. The van der Waals surface area contributed by atoms with Crippen molar-refractivity contribution in [2.45, 2.75) is 51.6 Å². The molecule has 0 aromatic heterocycles. The third-order valence-electron chi connectivity index (χ3n) is 4.46. The number of nitrogens with one attached hydrogen (secondary N) is 1. The van der Waals surface area contributed by atoms with Crippen molar-refractivity contribution in [3.8, 4) is 11.1 Å². The maximum atomic E-state index is 3.50. The van der Waals surface area contributed by atoms with Crippen molar-refractivity contribution >= 4 is 0 Å². The molecular formula is C20H25N. The standard InChI is InChI=1S/C20H25N/c1-15(2)21-14-16-7-5-10-18(13-16)20-12-4-3-11-19(20)17-8-6-9-17/h3-5,7,10-13,15,17,21H,6,8-9,14H2,1-2H3. The first kappa shape index (κ1) is 14.3. The average molecular weight is 279 g/mol. The highest BCUT2D eigenvalue weighted by Crippen LogP contribution is 2.41. The van der Waals surface area contributed by atoms with Gasteiger partial charge in [0.05, 0.1) is 0 Å². The van der Waals surface area contributed by atoms with Crippen LogP contribution in [0.5, 0.6) is 0 Å². The Morgan fingerprint density at radius 2 is 1.86 bits per heavy atom. The van der Waals surface area contributed by atoms with Crippen molar-refractivity contribution < 1.29 is 0 Å². The second-order valence-electron chi connectivity index (χ2n) is 6.45. The summed E-state index contributed by atoms with van der Waals surface area (Å²) < 4.78 is 0. The van der Waals surface area contributed by atoms with E-state index in [2.05, 4.69) is 67.7 Å². The zero-order valence-corrected chi connectivity index (χ0v) is 13.1. The summed E-state index contributed by atoms with van der Waals surface area (Å²) >= 11 is 0. The molecule has 2 aromatic carbocycles. The minimum Gasteiger partial charge on any atom is -0.310 e. The van der Waals surface area contributed by atoms with Gasteiger partial charge in [0.1, 0.15) is 0 Å². The molecule has 0 aliphatic heterocycles. The van der Waals surface area contributed by atoms with Crippen LogP contribution in [-0.4, -0.2) is 6.04 Å². The first-order valence-corrected chi connectivity index (χ1v) is 8.15. The first-order chi connectivity index (χ1) is 10.2. The first-order valence-electron chi connectivity index (χ1n) is 8.15. The summed E-state index contributed by atoms with van der Waals surface area (Å²) in [7, 11) is 0. The van der Waals surface area contributed by atoms with Crippen LogP contribution < -0.4 is 5.32 Å². The largest absolute Gasteiger partial charge is 0.310 e. The van der Waals surface area contributed by atoms with Crippen molar-refractivity contribution in [2.75, 3.05) is 0 Å². The minimum absolute atomic E-state index is 0.524. The fraction of sp³-hybridized carbons (Fsp3) is 0.400. The molecule has 1 aliphatic carbocycles. The molecule has 0 heterocycles. The maximum Gasteiger partial charge on any atom is 0.0208 e. The lowest BCUT2D eigenvalue weighted by Crippen LogP contribution is -2.21. The van der Waals surface area contributed by atoms with E-state index in [1.807, 2.05) is 0 Å². The van der Waals surface area contributed by atoms with Gasteiger partial charge in [0.15, 0.2) is 0 Å². The Bertz CT molecular complexity index is 596. The third-order valence-corrected chi connectivity index (χ3v) is 4.46. The predicted molar refractivity (Wildman–Crippen MR) is 90.4 cm³/mol. The fourth-order valence-corrected chi connectivity index (χ4v) is 3.01. The fourth-order valence-electron chi connectivity index (χ4n) is 3.01. The van der Waals surface area contributed by atoms with Crippen LogP contribution >= 0.6 is 0 Å². The van der Waals surface area contributed by atoms with E-state index in [1.165, 1.54) is 41.5 Å². The van der Waals surface area contributed by atoms with E-state index in [0.717, 1.165) is 12.5 Å². The molecule has 0 radical (unpaired) electrons. The lowest BCUT2D eigenvalue weighted by Gasteiger charge is -2.28. The van der Waals surface area contributed by atoms with E-state index >= 15 is 0 Å². The molecule has 21 heavy (non-hydrogen) atoms. The molecule has 1 saturated carbocycles. The van der Waals surface area contributed by atoms with Gasteiger partial charge in [0.25, 0.3) is 0 Å². The molecule has 0 bridgehead atoms. The van der Waals surface area contributed by atoms with Crippen molar-refractivity contribution in [1.29, 1.82) is 0 Å². The van der Waals surface area contributed by atoms with Crippen LogP contribution in [-0.2, 0) is 6.54 Å². The second-order valence-corrected chi connectivity index (χ2v) is 6.45. The van der Waals surface area contributed by atoms with Crippen LogP contribution in [0.3, 0.4) is 0 Å². The van der Waals surface area contributed by atoms with Crippen molar-refractivity contribution in [2.24, 2.45) is 0 Å². The molecule has 2 aromatic rings. The topological polar surface area (TPSA) is 12.0 Å². The van der Waals surface area contributed by atoms with Crippen LogP contribution in [0.4, 0.5) is 0 Å². The van der Waals surface area contributed by atoms with Crippen LogP contribution in [0.2, 0.25) is 0 Å².